The van der Waals surface area contributed by atoms with Crippen LogP contribution in [0.15, 0.2) is 66.9 Å². The first kappa shape index (κ1) is 19.2. The highest BCUT2D eigenvalue weighted by Crippen LogP contribution is 2.20. The number of nitrogens with zero attached hydrogens (tertiary/aromatic N) is 3. The molecule has 5 nitrogen and oxygen atoms in total. The minimum Gasteiger partial charge on any atom is -0.350 e. The van der Waals surface area contributed by atoms with Crippen molar-refractivity contribution < 1.29 is 4.79 Å². The van der Waals surface area contributed by atoms with Crippen LogP contribution in [0.25, 0.3) is 10.9 Å². The monoisotopic (exact) mass is 404 g/mol. The zero-order chi connectivity index (χ0) is 20.2. The Balaban J connectivity index is 1.53. The summed E-state index contributed by atoms with van der Waals surface area (Å²) in [6, 6.07) is 19.4. The van der Waals surface area contributed by atoms with Crippen LogP contribution in [0.3, 0.4) is 0 Å². The van der Waals surface area contributed by atoms with Crippen LogP contribution in [-0.2, 0) is 13.0 Å². The molecular formula is C23H21ClN4O. The standard InChI is InChI=1S/C23H21ClN4O/c1-16-18(5-4-13-25-16)12-14-26-23(29)22-20-6-2-3-7-21(20)28(27-22)15-17-8-10-19(24)11-9-17/h2-11,13H,12,14-15H2,1H3,(H,26,29). The number of para-hydroxylation sites is 1. The summed E-state index contributed by atoms with van der Waals surface area (Å²) in [6.07, 6.45) is 2.51. The lowest BCUT2D eigenvalue weighted by molar-refractivity contribution is 0.0950. The van der Waals surface area contributed by atoms with Gasteiger partial charge in [0.05, 0.1) is 12.1 Å². The highest BCUT2D eigenvalue weighted by atomic mass is 35.5. The second-order valence-electron chi connectivity index (χ2n) is 6.90. The van der Waals surface area contributed by atoms with Crippen LogP contribution in [0, 0.1) is 6.92 Å². The lowest BCUT2D eigenvalue weighted by atomic mass is 10.1. The average Bonchev–Trinajstić information content (AvgIpc) is 3.10. The highest BCUT2D eigenvalue weighted by molar-refractivity contribution is 6.30. The number of hydrogen-bond acceptors (Lipinski definition) is 3. The molecule has 146 valence electrons. The van der Waals surface area contributed by atoms with Crippen molar-refractivity contribution in [1.82, 2.24) is 20.1 Å². The SMILES string of the molecule is Cc1ncccc1CCNC(=O)c1nn(Cc2ccc(Cl)cc2)c2ccccc12. The van der Waals surface area contributed by atoms with E-state index in [1.807, 2.05) is 72.3 Å². The van der Waals surface area contributed by atoms with Gasteiger partial charge in [0, 0.05) is 28.8 Å². The predicted octanol–water partition coefficient (Wildman–Crippen LogP) is 4.41. The van der Waals surface area contributed by atoms with E-state index in [9.17, 15) is 4.79 Å². The van der Waals surface area contributed by atoms with Crippen molar-refractivity contribution in [2.45, 2.75) is 19.9 Å². The molecule has 0 aliphatic carbocycles. The van der Waals surface area contributed by atoms with E-state index in [0.29, 0.717) is 23.8 Å². The second-order valence-corrected chi connectivity index (χ2v) is 7.34. The molecule has 0 atom stereocenters. The average molecular weight is 405 g/mol. The van der Waals surface area contributed by atoms with Crippen LogP contribution in [0.4, 0.5) is 0 Å². The van der Waals surface area contributed by atoms with E-state index < -0.39 is 0 Å². The number of aryl methyl sites for hydroxylation is 1. The number of amides is 1. The molecule has 0 saturated carbocycles. The quantitative estimate of drug-likeness (QED) is 0.517. The molecule has 2 heterocycles. The molecule has 0 bridgehead atoms. The zero-order valence-corrected chi connectivity index (χ0v) is 16.9. The molecule has 4 rings (SSSR count). The first-order valence-corrected chi connectivity index (χ1v) is 9.88. The van der Waals surface area contributed by atoms with Gasteiger partial charge in [-0.25, -0.2) is 0 Å². The molecule has 1 N–H and O–H groups in total. The molecule has 4 aromatic rings. The number of nitrogens with one attached hydrogen (secondary N) is 1. The van der Waals surface area contributed by atoms with Gasteiger partial charge in [-0.05, 0) is 48.7 Å². The molecule has 0 aliphatic rings. The highest BCUT2D eigenvalue weighted by Gasteiger charge is 2.17. The van der Waals surface area contributed by atoms with Gasteiger partial charge in [-0.15, -0.1) is 0 Å². The molecule has 0 unspecified atom stereocenters. The number of carbonyl (C=O) groups excluding carboxylic acids is 1. The first-order valence-electron chi connectivity index (χ1n) is 9.50. The van der Waals surface area contributed by atoms with Crippen LogP contribution < -0.4 is 5.32 Å². The smallest absolute Gasteiger partial charge is 0.272 e. The first-order chi connectivity index (χ1) is 14.1. The fourth-order valence-electron chi connectivity index (χ4n) is 3.35. The van der Waals surface area contributed by atoms with Crippen molar-refractivity contribution in [3.63, 3.8) is 0 Å². The Morgan fingerprint density at radius 2 is 1.86 bits per heavy atom. The van der Waals surface area contributed by atoms with Gasteiger partial charge in [-0.2, -0.15) is 5.10 Å². The summed E-state index contributed by atoms with van der Waals surface area (Å²) in [4.78, 5) is 17.1. The van der Waals surface area contributed by atoms with Gasteiger partial charge in [0.25, 0.3) is 5.91 Å². The largest absolute Gasteiger partial charge is 0.350 e. The topological polar surface area (TPSA) is 59.8 Å². The minimum absolute atomic E-state index is 0.169. The third-order valence-electron chi connectivity index (χ3n) is 4.91. The second kappa shape index (κ2) is 8.45. The Labute approximate surface area is 174 Å². The van der Waals surface area contributed by atoms with Gasteiger partial charge in [0.1, 0.15) is 0 Å². The van der Waals surface area contributed by atoms with E-state index in [0.717, 1.165) is 34.1 Å². The minimum atomic E-state index is -0.169. The van der Waals surface area contributed by atoms with Gasteiger partial charge in [0.2, 0.25) is 0 Å². The zero-order valence-electron chi connectivity index (χ0n) is 16.1. The number of fused-ring (bicyclic) bond motifs is 1. The van der Waals surface area contributed by atoms with Crippen LogP contribution in [0.5, 0.6) is 0 Å². The fraction of sp³-hybridized carbons (Fsp3) is 0.174. The third kappa shape index (κ3) is 4.30. The molecule has 0 fully saturated rings. The lowest BCUT2D eigenvalue weighted by Gasteiger charge is -2.06. The molecule has 6 heteroatoms. The summed E-state index contributed by atoms with van der Waals surface area (Å²) >= 11 is 5.98. The Morgan fingerprint density at radius 1 is 1.07 bits per heavy atom. The molecule has 2 aromatic carbocycles. The van der Waals surface area contributed by atoms with Crippen molar-refractivity contribution in [1.29, 1.82) is 0 Å². The Bertz CT molecular complexity index is 1150. The Morgan fingerprint density at radius 3 is 2.66 bits per heavy atom. The number of aromatic nitrogens is 3. The number of hydrogen-bond donors (Lipinski definition) is 1. The summed E-state index contributed by atoms with van der Waals surface area (Å²) in [5.41, 5.74) is 4.56. The van der Waals surface area contributed by atoms with Crippen molar-refractivity contribution in [3.8, 4) is 0 Å². The van der Waals surface area contributed by atoms with Gasteiger partial charge >= 0.3 is 0 Å². The number of rotatable bonds is 6. The third-order valence-corrected chi connectivity index (χ3v) is 5.17. The summed E-state index contributed by atoms with van der Waals surface area (Å²) in [5, 5.41) is 9.14. The fourth-order valence-corrected chi connectivity index (χ4v) is 3.48. The number of pyridine rings is 1. The number of halogens is 1. The molecule has 0 aliphatic heterocycles. The summed E-state index contributed by atoms with van der Waals surface area (Å²) in [6.45, 7) is 3.08. The van der Waals surface area contributed by atoms with Crippen molar-refractivity contribution >= 4 is 28.4 Å². The van der Waals surface area contributed by atoms with Gasteiger partial charge < -0.3 is 5.32 Å². The van der Waals surface area contributed by atoms with E-state index in [-0.39, 0.29) is 5.91 Å². The maximum absolute atomic E-state index is 12.8. The van der Waals surface area contributed by atoms with E-state index in [1.54, 1.807) is 6.20 Å². The van der Waals surface area contributed by atoms with E-state index in [4.69, 9.17) is 11.6 Å². The predicted molar refractivity (Wildman–Crippen MR) is 115 cm³/mol. The summed E-state index contributed by atoms with van der Waals surface area (Å²) in [7, 11) is 0. The molecule has 0 radical (unpaired) electrons. The number of benzene rings is 2. The van der Waals surface area contributed by atoms with E-state index in [2.05, 4.69) is 15.4 Å². The summed E-state index contributed by atoms with van der Waals surface area (Å²) < 4.78 is 1.86. The summed E-state index contributed by atoms with van der Waals surface area (Å²) in [5.74, 6) is -0.169. The van der Waals surface area contributed by atoms with E-state index in [1.165, 1.54) is 0 Å². The molecule has 2 aromatic heterocycles. The van der Waals surface area contributed by atoms with Crippen LogP contribution in [-0.4, -0.2) is 27.2 Å². The van der Waals surface area contributed by atoms with Crippen molar-refractivity contribution in [2.24, 2.45) is 0 Å². The molecule has 0 spiro atoms. The molecule has 29 heavy (non-hydrogen) atoms. The Hall–Kier alpha value is -3.18. The van der Waals surface area contributed by atoms with Crippen molar-refractivity contribution in [2.75, 3.05) is 6.54 Å². The van der Waals surface area contributed by atoms with E-state index >= 15 is 0 Å². The maximum Gasteiger partial charge on any atom is 0.272 e. The molecule has 1 amide bonds. The maximum atomic E-state index is 12.8. The van der Waals surface area contributed by atoms with Crippen LogP contribution in [0.2, 0.25) is 5.02 Å². The van der Waals surface area contributed by atoms with Crippen molar-refractivity contribution in [3.05, 3.63) is 94.4 Å². The van der Waals surface area contributed by atoms with Gasteiger partial charge in [-0.3, -0.25) is 14.5 Å². The molecular weight excluding hydrogens is 384 g/mol. The molecule has 0 saturated heterocycles. The normalized spacial score (nSPS) is 11.0. The van der Waals surface area contributed by atoms with Crippen LogP contribution >= 0.6 is 11.6 Å². The van der Waals surface area contributed by atoms with Crippen LogP contribution in [0.1, 0.15) is 27.3 Å². The van der Waals surface area contributed by atoms with Gasteiger partial charge in [-0.1, -0.05) is 48.0 Å². The lowest BCUT2D eigenvalue weighted by Crippen LogP contribution is -2.26. The van der Waals surface area contributed by atoms with Gasteiger partial charge in [0.15, 0.2) is 5.69 Å². The number of carbonyl (C=O) groups is 1. The Kier molecular flexibility index (Phi) is 5.58.